The molecule has 2 aromatic carbocycles. The number of fused-ring (bicyclic) bond motifs is 2. The lowest BCUT2D eigenvalue weighted by molar-refractivity contribution is 0.274. The van der Waals surface area contributed by atoms with Gasteiger partial charge in [-0.1, -0.05) is 162 Å². The number of benzene rings is 2. The predicted molar refractivity (Wildman–Crippen MR) is 220 cm³/mol. The van der Waals surface area contributed by atoms with E-state index in [1.54, 1.807) is 11.1 Å². The maximum absolute atomic E-state index is 6.38. The average Bonchev–Trinajstić information content (AvgIpc) is 3.56. The summed E-state index contributed by atoms with van der Waals surface area (Å²) < 4.78 is 6.38. The number of hydrogen-bond donors (Lipinski definition) is 0. The van der Waals surface area contributed by atoms with E-state index in [4.69, 9.17) is 4.74 Å². The molecule has 4 aliphatic carbocycles. The van der Waals surface area contributed by atoms with Crippen LogP contribution >= 0.6 is 0 Å². The van der Waals surface area contributed by atoms with Gasteiger partial charge in [-0.25, -0.2) is 0 Å². The van der Waals surface area contributed by atoms with Gasteiger partial charge in [0.15, 0.2) is 0 Å². The molecule has 0 heterocycles. The summed E-state index contributed by atoms with van der Waals surface area (Å²) in [5.41, 5.74) is 13.6. The zero-order valence-corrected chi connectivity index (χ0v) is 35.3. The molecule has 0 saturated heterocycles. The molecule has 0 radical (unpaired) electrons. The summed E-state index contributed by atoms with van der Waals surface area (Å²) in [7, 11) is 0.0395. The molecule has 2 aromatic rings. The molecule has 0 spiro atoms. The van der Waals surface area contributed by atoms with Gasteiger partial charge in [0.25, 0.3) is 0 Å². The van der Waals surface area contributed by atoms with Crippen LogP contribution in [0.5, 0.6) is 0 Å². The third-order valence-electron chi connectivity index (χ3n) is 13.7. The Hall–Kier alpha value is -2.58. The number of allylic oxidation sites excluding steroid dienone is 7. The molecule has 0 N–H and O–H groups in total. The summed E-state index contributed by atoms with van der Waals surface area (Å²) >= 11 is 0. The van der Waals surface area contributed by atoms with E-state index in [0.717, 1.165) is 16.8 Å². The van der Waals surface area contributed by atoms with Crippen LogP contribution < -0.4 is 0 Å². The molecule has 0 aromatic heterocycles. The van der Waals surface area contributed by atoms with E-state index in [2.05, 4.69) is 163 Å². The van der Waals surface area contributed by atoms with E-state index in [-0.39, 0.29) is 16.2 Å². The highest BCUT2D eigenvalue weighted by atomic mass is 28.3. The Kier molecular flexibility index (Phi) is 9.53. The van der Waals surface area contributed by atoms with Gasteiger partial charge in [-0.05, 0) is 116 Å². The van der Waals surface area contributed by atoms with Crippen LogP contribution in [0.3, 0.4) is 0 Å². The summed E-state index contributed by atoms with van der Waals surface area (Å²) in [5, 5.41) is 0. The fourth-order valence-electron chi connectivity index (χ4n) is 11.5. The quantitative estimate of drug-likeness (QED) is 0.284. The third-order valence-corrected chi connectivity index (χ3v) is 19.0. The first-order valence-electron chi connectivity index (χ1n) is 19.8. The summed E-state index contributed by atoms with van der Waals surface area (Å²) in [6.45, 7) is 34.7. The molecule has 8 atom stereocenters. The first-order chi connectivity index (χ1) is 23.2. The zero-order valence-electron chi connectivity index (χ0n) is 34.3. The Labute approximate surface area is 307 Å². The van der Waals surface area contributed by atoms with Gasteiger partial charge in [0.05, 0.1) is 15.2 Å². The second-order valence-electron chi connectivity index (χ2n) is 20.6. The first-order valence-corrected chi connectivity index (χ1v) is 22.9. The minimum absolute atomic E-state index is 0.0139. The van der Waals surface area contributed by atoms with Crippen LogP contribution in [0, 0.1) is 40.9 Å². The van der Waals surface area contributed by atoms with Crippen LogP contribution in [0.1, 0.15) is 118 Å². The Morgan fingerprint density at radius 1 is 0.680 bits per heavy atom. The van der Waals surface area contributed by atoms with Crippen molar-refractivity contribution in [3.05, 3.63) is 106 Å². The van der Waals surface area contributed by atoms with Crippen molar-refractivity contribution in [1.82, 2.24) is 0 Å². The van der Waals surface area contributed by atoms with Crippen LogP contribution in [0.25, 0.3) is 11.1 Å². The highest BCUT2D eigenvalue weighted by molar-refractivity contribution is 6.80. The molecule has 0 amide bonds. The van der Waals surface area contributed by atoms with E-state index in [1.165, 1.54) is 46.2 Å². The van der Waals surface area contributed by atoms with E-state index >= 15 is 0 Å². The van der Waals surface area contributed by atoms with E-state index in [1.807, 2.05) is 7.11 Å². The Morgan fingerprint density at radius 3 is 1.78 bits per heavy atom. The summed E-state index contributed by atoms with van der Waals surface area (Å²) in [4.78, 5) is 0. The third kappa shape index (κ3) is 6.39. The highest BCUT2D eigenvalue weighted by Gasteiger charge is 2.59. The lowest BCUT2D eigenvalue weighted by Gasteiger charge is -2.47. The molecule has 2 saturated carbocycles. The van der Waals surface area contributed by atoms with Crippen LogP contribution in [-0.4, -0.2) is 15.2 Å². The predicted octanol–water partition coefficient (Wildman–Crippen LogP) is 13.7. The molecule has 6 rings (SSSR count). The molecule has 0 aliphatic heterocycles. The second kappa shape index (κ2) is 12.8. The molecule has 2 heteroatoms. The minimum atomic E-state index is -1.86. The van der Waals surface area contributed by atoms with Crippen LogP contribution in [0.2, 0.25) is 24.2 Å². The van der Waals surface area contributed by atoms with Crippen molar-refractivity contribution in [3.8, 4) is 0 Å². The molecular formula is C48H68OSi. The number of hydrogen-bond acceptors (Lipinski definition) is 1. The normalized spacial score (nSPS) is 30.4. The number of rotatable bonds is 5. The monoisotopic (exact) mass is 689 g/mol. The van der Waals surface area contributed by atoms with Gasteiger partial charge in [0.1, 0.15) is 5.76 Å². The van der Waals surface area contributed by atoms with Crippen LogP contribution in [0.4, 0.5) is 0 Å². The fourth-order valence-corrected chi connectivity index (χ4v) is 17.9. The standard InChI is InChI=1S/C48H68OSi/c1-29-21-22-36(33-25-34(46(4,5)6)27-35(26-33)47(7,8)9)37-24-31(3)45(41(29)37)50(14,15)44-30(2)23-38-39(44)28-40(48(10,11)12)43(49-13)42(38)32-19-17-16-18-20-32/h16-22,25-28,30-31,37-39,41,44-45H,23-24H2,1-15H3. The first kappa shape index (κ1) is 37.2. The van der Waals surface area contributed by atoms with Gasteiger partial charge in [-0.15, -0.1) is 0 Å². The number of methoxy groups -OCH3 is 1. The van der Waals surface area contributed by atoms with Crippen molar-refractivity contribution in [2.45, 2.75) is 131 Å². The smallest absolute Gasteiger partial charge is 0.126 e. The highest BCUT2D eigenvalue weighted by Crippen LogP contribution is 2.67. The van der Waals surface area contributed by atoms with Crippen molar-refractivity contribution >= 4 is 19.2 Å². The van der Waals surface area contributed by atoms with Gasteiger partial charge >= 0.3 is 0 Å². The van der Waals surface area contributed by atoms with E-state index in [9.17, 15) is 0 Å². The van der Waals surface area contributed by atoms with Gasteiger partial charge in [-0.2, -0.15) is 0 Å². The van der Waals surface area contributed by atoms with Gasteiger partial charge in [-0.3, -0.25) is 0 Å². The van der Waals surface area contributed by atoms with E-state index in [0.29, 0.717) is 35.5 Å². The SMILES string of the molecule is COC1=C(c2ccccc2)C2CC(C)C([Si](C)(C)C3C(C)CC4C(c5cc(C(C)(C)C)cc(C(C)(C)C)c5)=CC=C(C)C43)C2C=C1C(C)(C)C. The molecule has 4 aliphatic rings. The van der Waals surface area contributed by atoms with Crippen molar-refractivity contribution in [2.75, 3.05) is 7.11 Å². The van der Waals surface area contributed by atoms with E-state index < -0.39 is 8.07 Å². The van der Waals surface area contributed by atoms with Crippen molar-refractivity contribution in [2.24, 2.45) is 40.9 Å². The zero-order chi connectivity index (χ0) is 36.7. The lowest BCUT2D eigenvalue weighted by Crippen LogP contribution is -2.46. The average molecular weight is 689 g/mol. The van der Waals surface area contributed by atoms with Gasteiger partial charge in [0, 0.05) is 5.57 Å². The summed E-state index contributed by atoms with van der Waals surface area (Å²) in [6, 6.07) is 18.8. The Bertz CT molecular complexity index is 1690. The summed E-state index contributed by atoms with van der Waals surface area (Å²) in [5.74, 6) is 4.82. The molecule has 1 nitrogen and oxygen atoms in total. The minimum Gasteiger partial charge on any atom is -0.496 e. The van der Waals surface area contributed by atoms with Crippen molar-refractivity contribution < 1.29 is 4.74 Å². The lowest BCUT2D eigenvalue weighted by atomic mass is 9.72. The van der Waals surface area contributed by atoms with Crippen LogP contribution in [0.15, 0.2) is 83.7 Å². The largest absolute Gasteiger partial charge is 0.496 e. The maximum atomic E-state index is 6.38. The molecule has 8 unspecified atom stereocenters. The molecule has 270 valence electrons. The van der Waals surface area contributed by atoms with Crippen molar-refractivity contribution in [3.63, 3.8) is 0 Å². The van der Waals surface area contributed by atoms with Crippen molar-refractivity contribution in [1.29, 1.82) is 0 Å². The fraction of sp³-hybridized carbons (Fsp3) is 0.583. The van der Waals surface area contributed by atoms with Gasteiger partial charge in [0.2, 0.25) is 0 Å². The second-order valence-corrected chi connectivity index (χ2v) is 25.6. The Morgan fingerprint density at radius 2 is 1.24 bits per heavy atom. The number of ether oxygens (including phenoxy) is 1. The van der Waals surface area contributed by atoms with Gasteiger partial charge < -0.3 is 4.74 Å². The molecular weight excluding hydrogens is 621 g/mol. The topological polar surface area (TPSA) is 9.23 Å². The molecule has 2 fully saturated rings. The van der Waals surface area contributed by atoms with Crippen LogP contribution in [-0.2, 0) is 15.6 Å². The molecule has 50 heavy (non-hydrogen) atoms. The maximum Gasteiger partial charge on any atom is 0.126 e. The summed E-state index contributed by atoms with van der Waals surface area (Å²) in [6.07, 6.45) is 10.3. The Balaban J connectivity index is 1.42. The molecule has 0 bridgehead atoms.